The first kappa shape index (κ1) is 15.7. The summed E-state index contributed by atoms with van der Waals surface area (Å²) in [4.78, 5) is 10.5. The first-order chi connectivity index (χ1) is 7.79. The summed E-state index contributed by atoms with van der Waals surface area (Å²) in [5, 5.41) is 0. The Morgan fingerprint density at radius 3 is 2.00 bits per heavy atom. The lowest BCUT2D eigenvalue weighted by Gasteiger charge is -2.29. The molecule has 2 atom stereocenters. The maximum Gasteiger partial charge on any atom is 0.459 e. The monoisotopic (exact) mass is 305 g/mol. The van der Waals surface area contributed by atoms with E-state index in [9.17, 15) is 40.2 Å². The van der Waals surface area contributed by atoms with Crippen LogP contribution in [0.2, 0.25) is 0 Å². The zero-order valence-electron chi connectivity index (χ0n) is 8.22. The first-order valence-electron chi connectivity index (χ1n) is 4.25. The Labute approximate surface area is 95.3 Å². The summed E-state index contributed by atoms with van der Waals surface area (Å²) < 4.78 is 104. The maximum absolute atomic E-state index is 12.8. The first-order valence-corrected chi connectivity index (χ1v) is 5.71. The van der Waals surface area contributed by atoms with Crippen LogP contribution in [0.3, 0.4) is 0 Å². The number of phosphoric ester groups is 1. The second-order valence-electron chi connectivity index (χ2n) is 3.45. The van der Waals surface area contributed by atoms with Crippen molar-refractivity contribution in [3.05, 3.63) is 0 Å². The van der Waals surface area contributed by atoms with Gasteiger partial charge in [0, 0.05) is 6.42 Å². The van der Waals surface area contributed by atoms with Crippen molar-refractivity contribution >= 4 is 7.82 Å². The normalized spacial score (nSPS) is 30.8. The van der Waals surface area contributed by atoms with Crippen LogP contribution in [0.4, 0.5) is 30.7 Å². The van der Waals surface area contributed by atoms with E-state index in [4.69, 9.17) is 0 Å². The third-order valence-electron chi connectivity index (χ3n) is 2.00. The van der Waals surface area contributed by atoms with Crippen LogP contribution in [0.5, 0.6) is 0 Å². The van der Waals surface area contributed by atoms with Gasteiger partial charge in [0.15, 0.2) is 0 Å². The lowest BCUT2D eigenvalue weighted by molar-refractivity contribution is -0.357. The Morgan fingerprint density at radius 1 is 1.17 bits per heavy atom. The topological polar surface area (TPSA) is 58.6 Å². The van der Waals surface area contributed by atoms with Gasteiger partial charge in [-0.25, -0.2) is 0 Å². The van der Waals surface area contributed by atoms with E-state index in [0.717, 1.165) is 0 Å². The molecule has 1 heterocycles. The molecular formula is C6H5F7O4P-. The van der Waals surface area contributed by atoms with Crippen molar-refractivity contribution in [3.63, 3.8) is 0 Å². The zero-order valence-corrected chi connectivity index (χ0v) is 9.11. The van der Waals surface area contributed by atoms with Gasteiger partial charge < -0.3 is 13.9 Å². The Balaban J connectivity index is 2.80. The molecule has 1 saturated heterocycles. The number of hydrogen-bond acceptors (Lipinski definition) is 4. The maximum atomic E-state index is 12.8. The summed E-state index contributed by atoms with van der Waals surface area (Å²) in [6.45, 7) is -1.04. The van der Waals surface area contributed by atoms with Crippen molar-refractivity contribution < 1.29 is 49.2 Å². The molecule has 0 spiro atoms. The van der Waals surface area contributed by atoms with Crippen LogP contribution in [0.15, 0.2) is 0 Å². The molecule has 0 amide bonds. The van der Waals surface area contributed by atoms with Gasteiger partial charge in [-0.15, -0.1) is 0 Å². The summed E-state index contributed by atoms with van der Waals surface area (Å²) in [6, 6.07) is 0. The van der Waals surface area contributed by atoms with Gasteiger partial charge in [0.1, 0.15) is 0 Å². The molecule has 2 unspecified atom stereocenters. The van der Waals surface area contributed by atoms with Gasteiger partial charge in [-0.2, -0.15) is 30.7 Å². The summed E-state index contributed by atoms with van der Waals surface area (Å²) in [5.74, 6) is -11.8. The molecule has 0 aromatic rings. The zero-order chi connectivity index (χ0) is 14.4. The van der Waals surface area contributed by atoms with Crippen LogP contribution in [-0.2, 0) is 13.6 Å². The van der Waals surface area contributed by atoms with Gasteiger partial charge in [0.25, 0.3) is 7.82 Å². The summed E-state index contributed by atoms with van der Waals surface area (Å²) in [6.07, 6.45) is -10.7. The molecule has 18 heavy (non-hydrogen) atoms. The molecule has 0 aromatic carbocycles. The summed E-state index contributed by atoms with van der Waals surface area (Å²) in [7, 11) is -4.89. The lowest BCUT2D eigenvalue weighted by atomic mass is 10.0. The second-order valence-corrected chi connectivity index (χ2v) is 4.81. The molecule has 4 nitrogen and oxygen atoms in total. The van der Waals surface area contributed by atoms with E-state index in [2.05, 4.69) is 9.05 Å². The Bertz CT molecular complexity index is 367. The van der Waals surface area contributed by atoms with Crippen molar-refractivity contribution in [3.8, 4) is 0 Å². The fourth-order valence-electron chi connectivity index (χ4n) is 1.14. The number of alkyl halides is 7. The Kier molecular flexibility index (Phi) is 3.77. The fraction of sp³-hybridized carbons (Fsp3) is 1.00. The predicted octanol–water partition coefficient (Wildman–Crippen LogP) is 2.09. The van der Waals surface area contributed by atoms with Gasteiger partial charge in [-0.3, -0.25) is 4.57 Å². The standard InChI is InChI=1S/C6H6F7O4P/c7-4(8,5(9,10)6(11,12)13)1-3-2-16-18(14,15)17-3/h3H,1-2H2,(H,14,15)/p-1. The molecule has 0 aromatic heterocycles. The average Bonchev–Trinajstić information content (AvgIpc) is 2.42. The van der Waals surface area contributed by atoms with Gasteiger partial charge in [0.05, 0.1) is 12.7 Å². The van der Waals surface area contributed by atoms with E-state index in [1.54, 1.807) is 0 Å². The van der Waals surface area contributed by atoms with Crippen LogP contribution in [0, 0.1) is 0 Å². The SMILES string of the molecule is O=P1([O-])OCC(CC(F)(F)C(F)(F)C(F)(F)F)O1. The van der Waals surface area contributed by atoms with Crippen molar-refractivity contribution in [2.24, 2.45) is 0 Å². The Morgan fingerprint density at radius 2 is 1.67 bits per heavy atom. The van der Waals surface area contributed by atoms with Crippen molar-refractivity contribution in [2.45, 2.75) is 30.5 Å². The van der Waals surface area contributed by atoms with E-state index in [0.29, 0.717) is 0 Å². The molecular weight excluding hydrogens is 300 g/mol. The number of hydrogen-bond donors (Lipinski definition) is 0. The van der Waals surface area contributed by atoms with Crippen molar-refractivity contribution in [1.29, 1.82) is 0 Å². The summed E-state index contributed by atoms with van der Waals surface area (Å²) >= 11 is 0. The molecule has 0 bridgehead atoms. The summed E-state index contributed by atoms with van der Waals surface area (Å²) in [5.41, 5.74) is 0. The molecule has 1 aliphatic heterocycles. The molecule has 1 rings (SSSR count). The van der Waals surface area contributed by atoms with E-state index in [1.165, 1.54) is 0 Å². The molecule has 0 aliphatic carbocycles. The average molecular weight is 305 g/mol. The second kappa shape index (κ2) is 4.32. The molecule has 0 N–H and O–H groups in total. The van der Waals surface area contributed by atoms with Gasteiger partial charge in [-0.1, -0.05) is 0 Å². The highest BCUT2D eigenvalue weighted by atomic mass is 31.2. The van der Waals surface area contributed by atoms with Crippen LogP contribution >= 0.6 is 7.82 Å². The fourth-order valence-corrected chi connectivity index (χ4v) is 2.05. The largest absolute Gasteiger partial charge is 0.756 e. The highest BCUT2D eigenvalue weighted by molar-refractivity contribution is 7.46. The van der Waals surface area contributed by atoms with E-state index in [-0.39, 0.29) is 0 Å². The van der Waals surface area contributed by atoms with Crippen molar-refractivity contribution in [1.82, 2.24) is 0 Å². The highest BCUT2D eigenvalue weighted by Gasteiger charge is 2.73. The van der Waals surface area contributed by atoms with Gasteiger partial charge in [-0.05, 0) is 0 Å². The van der Waals surface area contributed by atoms with E-state index >= 15 is 0 Å². The van der Waals surface area contributed by atoms with Crippen LogP contribution in [0.1, 0.15) is 6.42 Å². The van der Waals surface area contributed by atoms with Gasteiger partial charge in [0.2, 0.25) is 0 Å². The van der Waals surface area contributed by atoms with Crippen LogP contribution < -0.4 is 4.89 Å². The van der Waals surface area contributed by atoms with Gasteiger partial charge >= 0.3 is 18.0 Å². The van der Waals surface area contributed by atoms with Crippen LogP contribution in [-0.4, -0.2) is 30.7 Å². The lowest BCUT2D eigenvalue weighted by Crippen LogP contribution is -2.53. The van der Waals surface area contributed by atoms with E-state index < -0.39 is 45.0 Å². The van der Waals surface area contributed by atoms with E-state index in [1.807, 2.05) is 0 Å². The number of phosphoric acid groups is 1. The Hall–Kier alpha value is -0.380. The molecule has 12 heteroatoms. The predicted molar refractivity (Wildman–Crippen MR) is 39.0 cm³/mol. The quantitative estimate of drug-likeness (QED) is 0.592. The third kappa shape index (κ3) is 2.95. The van der Waals surface area contributed by atoms with Crippen molar-refractivity contribution in [2.75, 3.05) is 6.61 Å². The number of rotatable bonds is 3. The molecule has 1 fully saturated rings. The highest BCUT2D eigenvalue weighted by Crippen LogP contribution is 2.52. The molecule has 108 valence electrons. The smallest absolute Gasteiger partial charge is 0.459 e. The minimum Gasteiger partial charge on any atom is -0.756 e. The molecule has 1 aliphatic rings. The van der Waals surface area contributed by atoms with Crippen LogP contribution in [0.25, 0.3) is 0 Å². The minimum atomic E-state index is -6.46. The minimum absolute atomic E-state index is 1.04. The molecule has 0 radical (unpaired) electrons. The third-order valence-corrected chi connectivity index (χ3v) is 3.02. The number of halogens is 7. The molecule has 0 saturated carbocycles.